The molecule has 1 aliphatic heterocycles. The van der Waals surface area contributed by atoms with E-state index in [0.29, 0.717) is 12.6 Å². The molecular weight excluding hydrogens is 174 g/mol. The highest BCUT2D eigenvalue weighted by Crippen LogP contribution is 2.26. The van der Waals surface area contributed by atoms with Crippen LogP contribution in [0.5, 0.6) is 0 Å². The lowest BCUT2D eigenvalue weighted by molar-refractivity contribution is 0.234. The highest BCUT2D eigenvalue weighted by Gasteiger charge is 2.23. The normalized spacial score (nSPS) is 22.1. The third kappa shape index (κ3) is 1.53. The van der Waals surface area contributed by atoms with Gasteiger partial charge in [0.1, 0.15) is 0 Å². The Morgan fingerprint density at radius 3 is 3.07 bits per heavy atom. The van der Waals surface area contributed by atoms with E-state index in [1.165, 1.54) is 11.3 Å². The first kappa shape index (κ1) is 9.62. The highest BCUT2D eigenvalue weighted by atomic mass is 15.1. The Kier molecular flexibility index (Phi) is 2.52. The zero-order valence-electron chi connectivity index (χ0n) is 8.83. The molecule has 14 heavy (non-hydrogen) atoms. The van der Waals surface area contributed by atoms with Crippen molar-refractivity contribution < 1.29 is 0 Å². The first-order valence-electron chi connectivity index (χ1n) is 5.09. The summed E-state index contributed by atoms with van der Waals surface area (Å²) in [5.41, 5.74) is 9.42. The largest absolute Gasteiger partial charge is 0.329 e. The third-order valence-electron chi connectivity index (χ3n) is 2.96. The van der Waals surface area contributed by atoms with Gasteiger partial charge in [-0.15, -0.1) is 0 Å². The molecule has 0 aromatic carbocycles. The summed E-state index contributed by atoms with van der Waals surface area (Å²) in [5.74, 6) is 0. The molecule has 0 spiro atoms. The predicted octanol–water partition coefficient (Wildman–Crippen LogP) is 0.878. The number of likely N-dealkylation sites (N-methyl/N-ethyl adjacent to an activating group) is 1. The van der Waals surface area contributed by atoms with Crippen LogP contribution in [0.2, 0.25) is 0 Å². The maximum atomic E-state index is 5.78. The average molecular weight is 191 g/mol. The molecule has 0 aliphatic carbocycles. The summed E-state index contributed by atoms with van der Waals surface area (Å²) in [6, 6.07) is 4.60. The lowest BCUT2D eigenvalue weighted by atomic mass is 9.97. The summed E-state index contributed by atoms with van der Waals surface area (Å²) < 4.78 is 0. The average Bonchev–Trinajstić information content (AvgIpc) is 2.18. The second-order valence-corrected chi connectivity index (χ2v) is 3.97. The van der Waals surface area contributed by atoms with Crippen molar-refractivity contribution in [2.45, 2.75) is 19.4 Å². The van der Waals surface area contributed by atoms with Crippen LogP contribution in [0.25, 0.3) is 0 Å². The Bertz CT molecular complexity index is 335. The molecule has 0 radical (unpaired) electrons. The quantitative estimate of drug-likeness (QED) is 0.716. The maximum Gasteiger partial charge on any atom is 0.0485 e. The molecule has 1 aromatic heterocycles. The molecular formula is C11H17N3. The number of hydrogen-bond acceptors (Lipinski definition) is 3. The first-order chi connectivity index (χ1) is 6.72. The zero-order chi connectivity index (χ0) is 10.1. The zero-order valence-corrected chi connectivity index (χ0v) is 8.83. The Balaban J connectivity index is 2.41. The van der Waals surface area contributed by atoms with Gasteiger partial charge in [0.25, 0.3) is 0 Å². The minimum Gasteiger partial charge on any atom is -0.329 e. The highest BCUT2D eigenvalue weighted by molar-refractivity contribution is 5.28. The molecule has 0 saturated carbocycles. The van der Waals surface area contributed by atoms with Gasteiger partial charge in [0.05, 0.1) is 0 Å². The van der Waals surface area contributed by atoms with Crippen molar-refractivity contribution in [3.63, 3.8) is 0 Å². The summed E-state index contributed by atoms with van der Waals surface area (Å²) in [4.78, 5) is 6.87. The topological polar surface area (TPSA) is 42.2 Å². The third-order valence-corrected chi connectivity index (χ3v) is 2.96. The fourth-order valence-electron chi connectivity index (χ4n) is 2.11. The number of aromatic nitrogens is 1. The fourth-order valence-corrected chi connectivity index (χ4v) is 2.11. The number of pyridine rings is 1. The van der Waals surface area contributed by atoms with Gasteiger partial charge < -0.3 is 5.73 Å². The summed E-state index contributed by atoms with van der Waals surface area (Å²) in [7, 11) is 2.13. The molecule has 0 amide bonds. The molecule has 2 heterocycles. The van der Waals surface area contributed by atoms with Gasteiger partial charge in [-0.2, -0.15) is 0 Å². The SMILES string of the molecule is Cc1ccc2c(n1)CCN(C)C2CN. The van der Waals surface area contributed by atoms with E-state index in [2.05, 4.69) is 29.1 Å². The lowest BCUT2D eigenvalue weighted by Crippen LogP contribution is -2.36. The molecule has 76 valence electrons. The number of aryl methyl sites for hydroxylation is 1. The van der Waals surface area contributed by atoms with Crippen LogP contribution in [0.1, 0.15) is 23.0 Å². The minimum atomic E-state index is 0.354. The molecule has 1 unspecified atom stereocenters. The Labute approximate surface area is 84.9 Å². The van der Waals surface area contributed by atoms with E-state index in [1.807, 2.05) is 6.92 Å². The smallest absolute Gasteiger partial charge is 0.0485 e. The Morgan fingerprint density at radius 2 is 2.36 bits per heavy atom. The number of nitrogens with zero attached hydrogens (tertiary/aromatic N) is 2. The van der Waals surface area contributed by atoms with Crippen LogP contribution in [-0.4, -0.2) is 30.0 Å². The number of hydrogen-bond donors (Lipinski definition) is 1. The maximum absolute atomic E-state index is 5.78. The summed E-state index contributed by atoms with van der Waals surface area (Å²) in [6.45, 7) is 3.77. The molecule has 0 saturated heterocycles. The van der Waals surface area contributed by atoms with Gasteiger partial charge in [-0.05, 0) is 25.6 Å². The van der Waals surface area contributed by atoms with Gasteiger partial charge in [0, 0.05) is 36.9 Å². The molecule has 1 aromatic rings. The summed E-state index contributed by atoms with van der Waals surface area (Å²) in [6.07, 6.45) is 1.05. The summed E-state index contributed by atoms with van der Waals surface area (Å²) in [5, 5.41) is 0. The van der Waals surface area contributed by atoms with E-state index >= 15 is 0 Å². The van der Waals surface area contributed by atoms with Crippen LogP contribution in [-0.2, 0) is 6.42 Å². The van der Waals surface area contributed by atoms with E-state index in [1.54, 1.807) is 0 Å². The molecule has 3 heteroatoms. The molecule has 3 nitrogen and oxygen atoms in total. The van der Waals surface area contributed by atoms with Gasteiger partial charge in [-0.1, -0.05) is 6.07 Å². The second kappa shape index (κ2) is 3.67. The van der Waals surface area contributed by atoms with E-state index < -0.39 is 0 Å². The number of fused-ring (bicyclic) bond motifs is 1. The van der Waals surface area contributed by atoms with Crippen LogP contribution in [0.4, 0.5) is 0 Å². The molecule has 0 fully saturated rings. The first-order valence-corrected chi connectivity index (χ1v) is 5.09. The van der Waals surface area contributed by atoms with Gasteiger partial charge in [-0.25, -0.2) is 0 Å². The van der Waals surface area contributed by atoms with Gasteiger partial charge in [-0.3, -0.25) is 9.88 Å². The fraction of sp³-hybridized carbons (Fsp3) is 0.545. The van der Waals surface area contributed by atoms with Crippen LogP contribution < -0.4 is 5.73 Å². The predicted molar refractivity (Wildman–Crippen MR) is 57.1 cm³/mol. The number of rotatable bonds is 1. The van der Waals surface area contributed by atoms with E-state index in [9.17, 15) is 0 Å². The van der Waals surface area contributed by atoms with Crippen LogP contribution in [0, 0.1) is 6.92 Å². The van der Waals surface area contributed by atoms with Crippen LogP contribution >= 0.6 is 0 Å². The van der Waals surface area contributed by atoms with Crippen LogP contribution in [0.15, 0.2) is 12.1 Å². The Hall–Kier alpha value is -0.930. The molecule has 1 atom stereocenters. The van der Waals surface area contributed by atoms with Gasteiger partial charge >= 0.3 is 0 Å². The molecule has 2 rings (SSSR count). The van der Waals surface area contributed by atoms with Gasteiger partial charge in [0.2, 0.25) is 0 Å². The molecule has 2 N–H and O–H groups in total. The van der Waals surface area contributed by atoms with Crippen molar-refractivity contribution in [1.29, 1.82) is 0 Å². The lowest BCUT2D eigenvalue weighted by Gasteiger charge is -2.33. The van der Waals surface area contributed by atoms with Crippen molar-refractivity contribution >= 4 is 0 Å². The van der Waals surface area contributed by atoms with Gasteiger partial charge in [0.15, 0.2) is 0 Å². The van der Waals surface area contributed by atoms with Crippen molar-refractivity contribution in [2.24, 2.45) is 5.73 Å². The van der Waals surface area contributed by atoms with E-state index in [0.717, 1.165) is 18.7 Å². The minimum absolute atomic E-state index is 0.354. The van der Waals surface area contributed by atoms with Crippen molar-refractivity contribution in [3.8, 4) is 0 Å². The van der Waals surface area contributed by atoms with E-state index in [-0.39, 0.29) is 0 Å². The number of nitrogens with two attached hydrogens (primary N) is 1. The summed E-state index contributed by atoms with van der Waals surface area (Å²) >= 11 is 0. The standard InChI is InChI=1S/C11H17N3/c1-8-3-4-9-10(13-8)5-6-14(2)11(9)7-12/h3-4,11H,5-7,12H2,1-2H3. The van der Waals surface area contributed by atoms with Crippen molar-refractivity contribution in [2.75, 3.05) is 20.1 Å². The molecule has 0 bridgehead atoms. The Morgan fingerprint density at radius 1 is 1.57 bits per heavy atom. The van der Waals surface area contributed by atoms with Crippen molar-refractivity contribution in [1.82, 2.24) is 9.88 Å². The monoisotopic (exact) mass is 191 g/mol. The molecule has 1 aliphatic rings. The van der Waals surface area contributed by atoms with E-state index in [4.69, 9.17) is 5.73 Å². The second-order valence-electron chi connectivity index (χ2n) is 3.97. The van der Waals surface area contributed by atoms with Crippen LogP contribution in [0.3, 0.4) is 0 Å². The van der Waals surface area contributed by atoms with Crippen molar-refractivity contribution in [3.05, 3.63) is 29.1 Å².